The topological polar surface area (TPSA) is 73.6 Å². The molecule has 0 fully saturated rings. The molecular formula is C17H22N2O4. The number of rotatable bonds is 4. The summed E-state index contributed by atoms with van der Waals surface area (Å²) in [6.45, 7) is 5.39. The molecule has 0 spiro atoms. The molecule has 1 atom stereocenters. The van der Waals surface area contributed by atoms with Crippen LogP contribution in [-0.4, -0.2) is 33.3 Å². The lowest BCUT2D eigenvalue weighted by Gasteiger charge is -2.20. The van der Waals surface area contributed by atoms with Crippen molar-refractivity contribution >= 4 is 5.97 Å². The van der Waals surface area contributed by atoms with Gasteiger partial charge in [0.05, 0.1) is 13.3 Å². The zero-order chi connectivity index (χ0) is 17.2. The molecule has 1 unspecified atom stereocenters. The fourth-order valence-electron chi connectivity index (χ4n) is 2.23. The zero-order valence-corrected chi connectivity index (χ0v) is 14.0. The molecule has 1 aromatic carbocycles. The van der Waals surface area contributed by atoms with Gasteiger partial charge in [-0.1, -0.05) is 18.2 Å². The van der Waals surface area contributed by atoms with Crippen molar-refractivity contribution in [3.63, 3.8) is 0 Å². The van der Waals surface area contributed by atoms with E-state index < -0.39 is 17.7 Å². The van der Waals surface area contributed by atoms with Crippen molar-refractivity contribution in [2.24, 2.45) is 7.05 Å². The lowest BCUT2D eigenvalue weighted by atomic mass is 10.1. The lowest BCUT2D eigenvalue weighted by Crippen LogP contribution is -2.25. The van der Waals surface area contributed by atoms with E-state index in [1.165, 1.54) is 17.9 Å². The third-order valence-electron chi connectivity index (χ3n) is 3.31. The van der Waals surface area contributed by atoms with Crippen LogP contribution in [0.15, 0.2) is 30.5 Å². The lowest BCUT2D eigenvalue weighted by molar-refractivity contribution is 0.00582. The first-order valence-corrected chi connectivity index (χ1v) is 7.30. The van der Waals surface area contributed by atoms with Crippen LogP contribution in [0.3, 0.4) is 0 Å². The van der Waals surface area contributed by atoms with E-state index in [9.17, 15) is 9.90 Å². The smallest absolute Gasteiger partial charge is 0.357 e. The van der Waals surface area contributed by atoms with E-state index in [1.807, 2.05) is 6.07 Å². The summed E-state index contributed by atoms with van der Waals surface area (Å²) in [4.78, 5) is 16.4. The number of aliphatic hydroxyl groups excluding tert-OH is 1. The molecule has 23 heavy (non-hydrogen) atoms. The molecular weight excluding hydrogens is 296 g/mol. The van der Waals surface area contributed by atoms with Crippen molar-refractivity contribution in [2.75, 3.05) is 7.11 Å². The summed E-state index contributed by atoms with van der Waals surface area (Å²) in [5.74, 6) is 0.420. The summed E-state index contributed by atoms with van der Waals surface area (Å²) in [6.07, 6.45) is 0.398. The predicted molar refractivity (Wildman–Crippen MR) is 85.4 cm³/mol. The molecule has 1 heterocycles. The standard InChI is InChI=1S/C17H22N2O4/c1-17(2,3)23-16(21)12-10-18-15(19(12)4)14(20)11-8-6-7-9-13(11)22-5/h6-10,14,20H,1-5H3. The van der Waals surface area contributed by atoms with E-state index in [4.69, 9.17) is 9.47 Å². The summed E-state index contributed by atoms with van der Waals surface area (Å²) >= 11 is 0. The normalized spacial score (nSPS) is 12.8. The Hall–Kier alpha value is -2.34. The number of para-hydroxylation sites is 1. The molecule has 2 rings (SSSR count). The summed E-state index contributed by atoms with van der Waals surface area (Å²) in [6, 6.07) is 7.14. The van der Waals surface area contributed by atoms with Crippen LogP contribution >= 0.6 is 0 Å². The zero-order valence-electron chi connectivity index (χ0n) is 14.0. The van der Waals surface area contributed by atoms with Crippen LogP contribution in [-0.2, 0) is 11.8 Å². The van der Waals surface area contributed by atoms with E-state index in [0.717, 1.165) is 0 Å². The molecule has 1 aromatic heterocycles. The number of imidazole rings is 1. The van der Waals surface area contributed by atoms with Gasteiger partial charge in [0, 0.05) is 12.6 Å². The van der Waals surface area contributed by atoms with E-state index in [-0.39, 0.29) is 5.69 Å². The van der Waals surface area contributed by atoms with Gasteiger partial charge in [-0.05, 0) is 26.8 Å². The molecule has 6 nitrogen and oxygen atoms in total. The average Bonchev–Trinajstić information content (AvgIpc) is 2.86. The van der Waals surface area contributed by atoms with Crippen molar-refractivity contribution in [2.45, 2.75) is 32.5 Å². The minimum Gasteiger partial charge on any atom is -0.496 e. The number of benzene rings is 1. The molecule has 124 valence electrons. The van der Waals surface area contributed by atoms with Crippen LogP contribution in [0.1, 0.15) is 48.8 Å². The Labute approximate surface area is 135 Å². The van der Waals surface area contributed by atoms with Gasteiger partial charge < -0.3 is 19.1 Å². The Balaban J connectivity index is 2.33. The third kappa shape index (κ3) is 3.71. The van der Waals surface area contributed by atoms with Crippen LogP contribution in [0, 0.1) is 0 Å². The first kappa shape index (κ1) is 17.0. The number of nitrogens with zero attached hydrogens (tertiary/aromatic N) is 2. The summed E-state index contributed by atoms with van der Waals surface area (Å²) in [7, 11) is 3.20. The molecule has 0 radical (unpaired) electrons. The number of hydrogen-bond acceptors (Lipinski definition) is 5. The van der Waals surface area contributed by atoms with Crippen molar-refractivity contribution in [3.05, 3.63) is 47.5 Å². The first-order chi connectivity index (χ1) is 10.7. The second kappa shape index (κ2) is 6.42. The number of aromatic nitrogens is 2. The second-order valence-electron chi connectivity index (χ2n) is 6.21. The van der Waals surface area contributed by atoms with Gasteiger partial charge in [-0.25, -0.2) is 9.78 Å². The SMILES string of the molecule is COc1ccccc1C(O)c1ncc(C(=O)OC(C)(C)C)n1C. The van der Waals surface area contributed by atoms with E-state index in [2.05, 4.69) is 4.98 Å². The summed E-state index contributed by atoms with van der Waals surface area (Å²) < 4.78 is 12.1. The van der Waals surface area contributed by atoms with Gasteiger partial charge >= 0.3 is 5.97 Å². The van der Waals surface area contributed by atoms with E-state index in [0.29, 0.717) is 17.1 Å². The van der Waals surface area contributed by atoms with Crippen LogP contribution in [0.5, 0.6) is 5.75 Å². The molecule has 0 aliphatic heterocycles. The maximum Gasteiger partial charge on any atom is 0.357 e. The minimum atomic E-state index is -1.01. The molecule has 6 heteroatoms. The molecule has 0 saturated heterocycles. The molecule has 0 amide bonds. The van der Waals surface area contributed by atoms with E-state index >= 15 is 0 Å². The molecule has 2 aromatic rings. The van der Waals surface area contributed by atoms with Gasteiger partial charge in [-0.2, -0.15) is 0 Å². The highest BCUT2D eigenvalue weighted by molar-refractivity contribution is 5.87. The fourth-order valence-corrected chi connectivity index (χ4v) is 2.23. The number of esters is 1. The monoisotopic (exact) mass is 318 g/mol. The Morgan fingerprint density at radius 1 is 1.30 bits per heavy atom. The van der Waals surface area contributed by atoms with Gasteiger partial charge in [-0.15, -0.1) is 0 Å². The number of aliphatic hydroxyl groups is 1. The number of methoxy groups -OCH3 is 1. The van der Waals surface area contributed by atoms with Gasteiger partial charge in [0.15, 0.2) is 0 Å². The average molecular weight is 318 g/mol. The summed E-state index contributed by atoms with van der Waals surface area (Å²) in [5, 5.41) is 10.6. The Morgan fingerprint density at radius 2 is 1.96 bits per heavy atom. The molecule has 0 saturated carbocycles. The van der Waals surface area contributed by atoms with Gasteiger partial charge in [0.1, 0.15) is 29.0 Å². The van der Waals surface area contributed by atoms with Crippen molar-refractivity contribution < 1.29 is 19.4 Å². The quantitative estimate of drug-likeness (QED) is 0.877. The molecule has 0 aliphatic rings. The fraction of sp³-hybridized carbons (Fsp3) is 0.412. The Kier molecular flexibility index (Phi) is 4.75. The predicted octanol–water partition coefficient (Wildman–Crippen LogP) is 2.47. The number of carbonyl (C=O) groups excluding carboxylic acids is 1. The van der Waals surface area contributed by atoms with Crippen LogP contribution in [0.4, 0.5) is 0 Å². The maximum atomic E-state index is 12.2. The van der Waals surface area contributed by atoms with E-state index in [1.54, 1.807) is 46.0 Å². The van der Waals surface area contributed by atoms with Gasteiger partial charge in [0.25, 0.3) is 0 Å². The summed E-state index contributed by atoms with van der Waals surface area (Å²) in [5.41, 5.74) is 0.270. The minimum absolute atomic E-state index is 0.281. The largest absolute Gasteiger partial charge is 0.496 e. The van der Waals surface area contributed by atoms with Gasteiger partial charge in [-0.3, -0.25) is 0 Å². The number of hydrogen-bond donors (Lipinski definition) is 1. The van der Waals surface area contributed by atoms with Crippen LogP contribution in [0.2, 0.25) is 0 Å². The van der Waals surface area contributed by atoms with Crippen molar-refractivity contribution in [1.82, 2.24) is 9.55 Å². The van der Waals surface area contributed by atoms with Gasteiger partial charge in [0.2, 0.25) is 0 Å². The second-order valence-corrected chi connectivity index (χ2v) is 6.21. The third-order valence-corrected chi connectivity index (χ3v) is 3.31. The van der Waals surface area contributed by atoms with Crippen molar-refractivity contribution in [1.29, 1.82) is 0 Å². The van der Waals surface area contributed by atoms with Crippen LogP contribution in [0.25, 0.3) is 0 Å². The highest BCUT2D eigenvalue weighted by atomic mass is 16.6. The van der Waals surface area contributed by atoms with Crippen LogP contribution < -0.4 is 4.74 Å². The highest BCUT2D eigenvalue weighted by Crippen LogP contribution is 2.29. The Bertz CT molecular complexity index is 701. The maximum absolute atomic E-state index is 12.2. The Morgan fingerprint density at radius 3 is 2.57 bits per heavy atom. The molecule has 0 bridgehead atoms. The van der Waals surface area contributed by atoms with Crippen molar-refractivity contribution in [3.8, 4) is 5.75 Å². The molecule has 0 aliphatic carbocycles. The highest BCUT2D eigenvalue weighted by Gasteiger charge is 2.25. The number of carbonyl (C=O) groups is 1. The first-order valence-electron chi connectivity index (χ1n) is 7.30. The molecule has 1 N–H and O–H groups in total. The number of ether oxygens (including phenoxy) is 2.